The maximum atomic E-state index is 13.8. The van der Waals surface area contributed by atoms with E-state index in [1.807, 2.05) is 0 Å². The van der Waals surface area contributed by atoms with Gasteiger partial charge in [0.25, 0.3) is 5.91 Å². The van der Waals surface area contributed by atoms with Crippen molar-refractivity contribution in [2.45, 2.75) is 6.17 Å². The van der Waals surface area contributed by atoms with Gasteiger partial charge < -0.3 is 5.32 Å². The molecule has 1 aliphatic rings. The van der Waals surface area contributed by atoms with Crippen molar-refractivity contribution in [2.75, 3.05) is 5.32 Å². The molecule has 1 aliphatic heterocycles. The van der Waals surface area contributed by atoms with Crippen LogP contribution in [0.5, 0.6) is 0 Å². The van der Waals surface area contributed by atoms with Gasteiger partial charge in [-0.05, 0) is 18.2 Å². The van der Waals surface area contributed by atoms with Crippen molar-refractivity contribution in [1.29, 1.82) is 0 Å². The second-order valence-corrected chi connectivity index (χ2v) is 4.26. The molecule has 96 valence electrons. The normalized spacial score (nSPS) is 17.9. The molecule has 2 aromatic carbocycles. The van der Waals surface area contributed by atoms with E-state index in [2.05, 4.69) is 5.32 Å². The molecule has 1 heterocycles. The molecule has 0 saturated heterocycles. The summed E-state index contributed by atoms with van der Waals surface area (Å²) in [6, 6.07) is 12.8. The molecule has 1 atom stereocenters. The summed E-state index contributed by atoms with van der Waals surface area (Å²) in [4.78, 5) is 12.0. The number of carbonyl (C=O) groups excluding carboxylic acids is 1. The smallest absolute Gasteiger partial charge is 0.281 e. The van der Waals surface area contributed by atoms with Gasteiger partial charge in [-0.1, -0.05) is 30.3 Å². The number of anilines is 1. The van der Waals surface area contributed by atoms with E-state index in [1.165, 1.54) is 12.1 Å². The van der Waals surface area contributed by atoms with Crippen molar-refractivity contribution >= 4 is 11.6 Å². The van der Waals surface area contributed by atoms with Gasteiger partial charge in [0.15, 0.2) is 6.17 Å². The lowest BCUT2D eigenvalue weighted by Crippen LogP contribution is -2.41. The first-order valence-electron chi connectivity index (χ1n) is 5.81. The van der Waals surface area contributed by atoms with Gasteiger partial charge in [-0.2, -0.15) is 5.06 Å². The number of hydrogen-bond acceptors (Lipinski definition) is 3. The molecule has 0 fully saturated rings. The van der Waals surface area contributed by atoms with Crippen LogP contribution in [-0.4, -0.2) is 16.2 Å². The Morgan fingerprint density at radius 3 is 2.58 bits per heavy atom. The van der Waals surface area contributed by atoms with Crippen LogP contribution in [0.2, 0.25) is 0 Å². The van der Waals surface area contributed by atoms with Crippen LogP contribution in [0.15, 0.2) is 48.5 Å². The third-order valence-electron chi connectivity index (χ3n) is 3.10. The van der Waals surface area contributed by atoms with Crippen LogP contribution >= 0.6 is 0 Å². The topological polar surface area (TPSA) is 52.6 Å². The first kappa shape index (κ1) is 11.7. The average Bonchev–Trinajstić information content (AvgIpc) is 2.44. The second kappa shape index (κ2) is 4.37. The molecular weight excluding hydrogens is 247 g/mol. The minimum atomic E-state index is -0.927. The fourth-order valence-electron chi connectivity index (χ4n) is 2.15. The summed E-state index contributed by atoms with van der Waals surface area (Å²) in [5.41, 5.74) is 1.15. The molecule has 19 heavy (non-hydrogen) atoms. The van der Waals surface area contributed by atoms with E-state index in [0.717, 1.165) is 0 Å². The summed E-state index contributed by atoms with van der Waals surface area (Å²) in [7, 11) is 0. The highest BCUT2D eigenvalue weighted by atomic mass is 19.1. The number of fused-ring (bicyclic) bond motifs is 1. The minimum Gasteiger partial charge on any atom is -0.359 e. The lowest BCUT2D eigenvalue weighted by Gasteiger charge is -2.33. The Balaban J connectivity index is 2.07. The van der Waals surface area contributed by atoms with Gasteiger partial charge in [0.2, 0.25) is 0 Å². The maximum absolute atomic E-state index is 13.8. The first-order chi connectivity index (χ1) is 9.18. The fourth-order valence-corrected chi connectivity index (χ4v) is 2.15. The van der Waals surface area contributed by atoms with E-state index < -0.39 is 17.9 Å². The number of nitrogens with one attached hydrogen (secondary N) is 1. The van der Waals surface area contributed by atoms with Crippen LogP contribution in [0.3, 0.4) is 0 Å². The number of hydroxylamine groups is 2. The summed E-state index contributed by atoms with van der Waals surface area (Å²) >= 11 is 0. The number of amides is 1. The largest absolute Gasteiger partial charge is 0.359 e. The Morgan fingerprint density at radius 2 is 1.79 bits per heavy atom. The van der Waals surface area contributed by atoms with Gasteiger partial charge in [-0.3, -0.25) is 10.0 Å². The number of rotatable bonds is 1. The van der Waals surface area contributed by atoms with E-state index in [-0.39, 0.29) is 5.56 Å². The number of carbonyl (C=O) groups is 1. The van der Waals surface area contributed by atoms with Crippen LogP contribution < -0.4 is 5.32 Å². The summed E-state index contributed by atoms with van der Waals surface area (Å²) < 4.78 is 13.8. The van der Waals surface area contributed by atoms with Crippen molar-refractivity contribution < 1.29 is 14.4 Å². The number of nitrogens with zero attached hydrogens (tertiary/aromatic N) is 1. The van der Waals surface area contributed by atoms with Gasteiger partial charge in [0.05, 0.1) is 5.56 Å². The number of para-hydroxylation sites is 1. The fraction of sp³-hybridized carbons (Fsp3) is 0.0714. The SMILES string of the molecule is O=C1c2ccccc2N[C@H](c2ccccc2F)N1O. The molecule has 1 amide bonds. The van der Waals surface area contributed by atoms with Crippen LogP contribution in [0, 0.1) is 5.82 Å². The molecule has 2 N–H and O–H groups in total. The quantitative estimate of drug-likeness (QED) is 0.773. The highest BCUT2D eigenvalue weighted by Crippen LogP contribution is 2.32. The Labute approximate surface area is 109 Å². The molecule has 0 unspecified atom stereocenters. The highest BCUT2D eigenvalue weighted by Gasteiger charge is 2.33. The van der Waals surface area contributed by atoms with Crippen LogP contribution in [0.1, 0.15) is 22.1 Å². The molecule has 5 heteroatoms. The number of halogens is 1. The van der Waals surface area contributed by atoms with Gasteiger partial charge in [-0.15, -0.1) is 0 Å². The number of benzene rings is 2. The average molecular weight is 258 g/mol. The Bertz CT molecular complexity index is 645. The van der Waals surface area contributed by atoms with E-state index in [1.54, 1.807) is 36.4 Å². The minimum absolute atomic E-state index is 0.216. The van der Waals surface area contributed by atoms with Crippen molar-refractivity contribution in [3.05, 3.63) is 65.5 Å². The van der Waals surface area contributed by atoms with Crippen molar-refractivity contribution in [1.82, 2.24) is 5.06 Å². The summed E-state index contributed by atoms with van der Waals surface area (Å²) in [5.74, 6) is -1.03. The van der Waals surface area contributed by atoms with Crippen LogP contribution in [0.25, 0.3) is 0 Å². The zero-order chi connectivity index (χ0) is 13.4. The van der Waals surface area contributed by atoms with Crippen molar-refractivity contribution in [3.8, 4) is 0 Å². The highest BCUT2D eigenvalue weighted by molar-refractivity contribution is 6.00. The molecule has 0 bridgehead atoms. The predicted molar refractivity (Wildman–Crippen MR) is 67.2 cm³/mol. The number of hydrogen-bond donors (Lipinski definition) is 2. The standard InChI is InChI=1S/C14H11FN2O2/c15-11-7-3-1-5-9(11)13-16-12-8-4-2-6-10(12)14(18)17(13)19/h1-8,13,16,19H/t13-/m0/s1. The second-order valence-electron chi connectivity index (χ2n) is 4.26. The molecule has 0 aliphatic carbocycles. The molecule has 4 nitrogen and oxygen atoms in total. The molecule has 2 aromatic rings. The van der Waals surface area contributed by atoms with Crippen LogP contribution in [-0.2, 0) is 0 Å². The molecule has 3 rings (SSSR count). The van der Waals surface area contributed by atoms with Gasteiger partial charge >= 0.3 is 0 Å². The van der Waals surface area contributed by atoms with E-state index in [4.69, 9.17) is 0 Å². The lowest BCUT2D eigenvalue weighted by atomic mass is 10.1. The Hall–Kier alpha value is -2.40. The van der Waals surface area contributed by atoms with Gasteiger partial charge in [-0.25, -0.2) is 4.39 Å². The van der Waals surface area contributed by atoms with Gasteiger partial charge in [0, 0.05) is 11.3 Å². The zero-order valence-electron chi connectivity index (χ0n) is 9.88. The van der Waals surface area contributed by atoms with E-state index in [9.17, 15) is 14.4 Å². The van der Waals surface area contributed by atoms with Crippen molar-refractivity contribution in [2.24, 2.45) is 0 Å². The summed E-state index contributed by atoms with van der Waals surface area (Å²) in [6.45, 7) is 0. The molecule has 0 spiro atoms. The van der Waals surface area contributed by atoms with Crippen LogP contribution in [0.4, 0.5) is 10.1 Å². The Kier molecular flexibility index (Phi) is 2.68. The zero-order valence-corrected chi connectivity index (χ0v) is 9.88. The third kappa shape index (κ3) is 1.84. The first-order valence-corrected chi connectivity index (χ1v) is 5.81. The summed E-state index contributed by atoms with van der Waals surface area (Å²) in [5, 5.41) is 13.4. The third-order valence-corrected chi connectivity index (χ3v) is 3.10. The lowest BCUT2D eigenvalue weighted by molar-refractivity contribution is -0.0858. The van der Waals surface area contributed by atoms with E-state index in [0.29, 0.717) is 16.3 Å². The molecular formula is C14H11FN2O2. The predicted octanol–water partition coefficient (Wildman–Crippen LogP) is 2.78. The molecule has 0 aromatic heterocycles. The molecule has 0 saturated carbocycles. The van der Waals surface area contributed by atoms with Gasteiger partial charge in [0.1, 0.15) is 5.82 Å². The Morgan fingerprint density at radius 1 is 1.11 bits per heavy atom. The van der Waals surface area contributed by atoms with Crippen molar-refractivity contribution in [3.63, 3.8) is 0 Å². The van der Waals surface area contributed by atoms with E-state index >= 15 is 0 Å². The maximum Gasteiger partial charge on any atom is 0.281 e. The summed E-state index contributed by atoms with van der Waals surface area (Å²) in [6.07, 6.45) is -0.927. The monoisotopic (exact) mass is 258 g/mol. The molecule has 0 radical (unpaired) electrons.